The molecule has 3 unspecified atom stereocenters. The molecule has 0 aromatic rings. The Labute approximate surface area is 171 Å². The molecule has 4 saturated carbocycles. The van der Waals surface area contributed by atoms with Crippen LogP contribution in [0.3, 0.4) is 0 Å². The van der Waals surface area contributed by atoms with Gasteiger partial charge in [-0.2, -0.15) is 0 Å². The van der Waals surface area contributed by atoms with Crippen LogP contribution < -0.4 is 0 Å². The maximum absolute atomic E-state index is 12.9. The van der Waals surface area contributed by atoms with E-state index in [2.05, 4.69) is 22.6 Å². The molecule has 0 aliphatic heterocycles. The van der Waals surface area contributed by atoms with Gasteiger partial charge < -0.3 is 14.9 Å². The van der Waals surface area contributed by atoms with Gasteiger partial charge in [0.1, 0.15) is 9.02 Å². The first-order chi connectivity index (χ1) is 11.6. The highest BCUT2D eigenvalue weighted by Gasteiger charge is 2.71. The Morgan fingerprint density at radius 2 is 1.46 bits per heavy atom. The zero-order valence-electron chi connectivity index (χ0n) is 17.1. The second kappa shape index (κ2) is 5.82. The van der Waals surface area contributed by atoms with Crippen LogP contribution in [0.2, 0.25) is 0 Å². The second-order valence-corrected chi connectivity index (χ2v) is 13.2. The summed E-state index contributed by atoms with van der Waals surface area (Å²) < 4.78 is 5.74. The van der Waals surface area contributed by atoms with Gasteiger partial charge in [-0.1, -0.05) is 29.5 Å². The van der Waals surface area contributed by atoms with Crippen molar-refractivity contribution in [2.24, 2.45) is 16.7 Å². The number of aliphatic hydroxyl groups is 2. The molecule has 4 fully saturated rings. The Hall–Kier alpha value is 0.120. The lowest BCUT2D eigenvalue weighted by molar-refractivity contribution is -0.286. The SMILES string of the molecule is CCC(C)(I)C(=O)OC12CC3CC(C(C)(C)O)(C1)CC(C(C)(C)O)(C3)C2. The van der Waals surface area contributed by atoms with E-state index in [1.165, 1.54) is 0 Å². The normalized spacial score (nSPS) is 41.8. The van der Waals surface area contributed by atoms with Crippen LogP contribution in [0.5, 0.6) is 0 Å². The Kier molecular flexibility index (Phi) is 4.66. The van der Waals surface area contributed by atoms with Crippen molar-refractivity contribution in [3.05, 3.63) is 0 Å². The van der Waals surface area contributed by atoms with E-state index in [-0.39, 0.29) is 16.8 Å². The smallest absolute Gasteiger partial charge is 0.322 e. The molecule has 0 radical (unpaired) electrons. The summed E-state index contributed by atoms with van der Waals surface area (Å²) in [6.45, 7) is 11.5. The topological polar surface area (TPSA) is 66.8 Å². The number of rotatable bonds is 5. The number of carbonyl (C=O) groups is 1. The third-order valence-corrected chi connectivity index (χ3v) is 9.22. The zero-order valence-corrected chi connectivity index (χ0v) is 19.3. The van der Waals surface area contributed by atoms with Crippen LogP contribution >= 0.6 is 22.6 Å². The van der Waals surface area contributed by atoms with Crippen molar-refractivity contribution in [3.8, 4) is 0 Å². The Morgan fingerprint density at radius 1 is 1.00 bits per heavy atom. The van der Waals surface area contributed by atoms with Gasteiger partial charge in [-0.3, -0.25) is 4.79 Å². The number of halogens is 1. The van der Waals surface area contributed by atoms with E-state index in [1.54, 1.807) is 0 Å². The van der Waals surface area contributed by atoms with Crippen molar-refractivity contribution in [1.29, 1.82) is 0 Å². The van der Waals surface area contributed by atoms with Gasteiger partial charge in [-0.15, -0.1) is 0 Å². The number of esters is 1. The first-order valence-corrected chi connectivity index (χ1v) is 11.0. The molecule has 4 aliphatic rings. The minimum absolute atomic E-state index is 0.153. The van der Waals surface area contributed by atoms with Gasteiger partial charge in [-0.25, -0.2) is 0 Å². The monoisotopic (exact) mass is 478 g/mol. The van der Waals surface area contributed by atoms with Gasteiger partial charge in [0, 0.05) is 10.8 Å². The van der Waals surface area contributed by atoms with Gasteiger partial charge in [0.05, 0.1) is 11.2 Å². The maximum atomic E-state index is 12.9. The van der Waals surface area contributed by atoms with Crippen LogP contribution in [0.1, 0.15) is 86.5 Å². The third-order valence-electron chi connectivity index (χ3n) is 8.01. The summed E-state index contributed by atoms with van der Waals surface area (Å²) in [4.78, 5) is 12.9. The molecule has 4 rings (SSSR count). The van der Waals surface area contributed by atoms with E-state index in [1.807, 2.05) is 41.5 Å². The molecule has 2 N–H and O–H groups in total. The number of carbonyl (C=O) groups excluding carboxylic acids is 1. The quantitative estimate of drug-likeness (QED) is 0.350. The zero-order chi connectivity index (χ0) is 19.8. The molecule has 0 saturated heterocycles. The average Bonchev–Trinajstić information content (AvgIpc) is 2.43. The Balaban J connectivity index is 2.04. The number of alkyl halides is 1. The molecule has 4 bridgehead atoms. The van der Waals surface area contributed by atoms with Crippen molar-refractivity contribution >= 4 is 28.6 Å². The van der Waals surface area contributed by atoms with Crippen molar-refractivity contribution in [1.82, 2.24) is 0 Å². The molecule has 3 atom stereocenters. The minimum Gasteiger partial charge on any atom is -0.458 e. The highest BCUT2D eigenvalue weighted by molar-refractivity contribution is 14.1. The molecule has 0 aromatic heterocycles. The Bertz CT molecular complexity index is 568. The number of hydrogen-bond acceptors (Lipinski definition) is 4. The van der Waals surface area contributed by atoms with E-state index in [0.29, 0.717) is 18.8 Å². The van der Waals surface area contributed by atoms with Gasteiger partial charge in [-0.05, 0) is 85.5 Å². The molecule has 4 aliphatic carbocycles. The molecular weight excluding hydrogens is 443 g/mol. The molecule has 5 heteroatoms. The van der Waals surface area contributed by atoms with Crippen LogP contribution in [0.25, 0.3) is 0 Å². The van der Waals surface area contributed by atoms with Gasteiger partial charge in [0.2, 0.25) is 0 Å². The average molecular weight is 478 g/mol. The predicted molar refractivity (Wildman–Crippen MR) is 110 cm³/mol. The Morgan fingerprint density at radius 3 is 1.85 bits per heavy atom. The number of hydrogen-bond donors (Lipinski definition) is 2. The molecular formula is C21H35IO4. The molecule has 0 aromatic carbocycles. The molecule has 26 heavy (non-hydrogen) atoms. The van der Waals surface area contributed by atoms with E-state index in [4.69, 9.17) is 4.74 Å². The summed E-state index contributed by atoms with van der Waals surface area (Å²) in [5.74, 6) is 0.235. The van der Waals surface area contributed by atoms with Crippen LogP contribution in [0.4, 0.5) is 0 Å². The van der Waals surface area contributed by atoms with E-state index >= 15 is 0 Å². The first-order valence-electron chi connectivity index (χ1n) is 9.97. The predicted octanol–water partition coefficient (Wildman–Crippen LogP) is 4.38. The second-order valence-electron chi connectivity index (χ2n) is 10.8. The summed E-state index contributed by atoms with van der Waals surface area (Å²) in [6, 6.07) is 0. The first kappa shape index (κ1) is 20.8. The summed E-state index contributed by atoms with van der Waals surface area (Å²) in [5.41, 5.74) is -2.89. The van der Waals surface area contributed by atoms with E-state index < -0.39 is 20.2 Å². The van der Waals surface area contributed by atoms with Crippen LogP contribution in [0.15, 0.2) is 0 Å². The lowest BCUT2D eigenvalue weighted by Crippen LogP contribution is -2.70. The molecule has 0 heterocycles. The summed E-state index contributed by atoms with van der Waals surface area (Å²) in [7, 11) is 0. The fraction of sp³-hybridized carbons (Fsp3) is 0.952. The molecule has 0 spiro atoms. The van der Waals surface area contributed by atoms with Crippen LogP contribution in [0, 0.1) is 16.7 Å². The van der Waals surface area contributed by atoms with Crippen LogP contribution in [-0.2, 0) is 9.53 Å². The fourth-order valence-electron chi connectivity index (χ4n) is 6.28. The standard InChI is InChI=1S/C21H35IO4/c1-7-18(6,22)15(23)26-21-10-14-8-19(12-21,16(2,3)24)11-20(9-14,13-21)17(4,5)25/h14,24-25H,7-13H2,1-6H3. The maximum Gasteiger partial charge on any atom is 0.322 e. The van der Waals surface area contributed by atoms with Crippen LogP contribution in [-0.4, -0.2) is 36.4 Å². The fourth-order valence-corrected chi connectivity index (χ4v) is 6.39. The lowest BCUT2D eigenvalue weighted by Gasteiger charge is -2.70. The minimum atomic E-state index is -0.862. The number of ether oxygens (including phenoxy) is 1. The highest BCUT2D eigenvalue weighted by atomic mass is 127. The molecule has 150 valence electrons. The molecule has 0 amide bonds. The highest BCUT2D eigenvalue weighted by Crippen LogP contribution is 2.72. The summed E-state index contributed by atoms with van der Waals surface area (Å²) in [6.07, 6.45) is 5.73. The van der Waals surface area contributed by atoms with Crippen molar-refractivity contribution in [2.75, 3.05) is 0 Å². The van der Waals surface area contributed by atoms with Gasteiger partial charge >= 0.3 is 5.97 Å². The van der Waals surface area contributed by atoms with Crippen molar-refractivity contribution in [3.63, 3.8) is 0 Å². The molecule has 4 nitrogen and oxygen atoms in total. The summed E-state index contributed by atoms with van der Waals surface area (Å²) in [5, 5.41) is 22.2. The van der Waals surface area contributed by atoms with E-state index in [0.717, 1.165) is 32.1 Å². The van der Waals surface area contributed by atoms with Gasteiger partial charge in [0.25, 0.3) is 0 Å². The van der Waals surface area contributed by atoms with Crippen molar-refractivity contribution in [2.45, 2.75) is 107 Å². The van der Waals surface area contributed by atoms with Gasteiger partial charge in [0.15, 0.2) is 0 Å². The third kappa shape index (κ3) is 3.04. The lowest BCUT2D eigenvalue weighted by atomic mass is 9.37. The van der Waals surface area contributed by atoms with E-state index in [9.17, 15) is 15.0 Å². The van der Waals surface area contributed by atoms with Crippen molar-refractivity contribution < 1.29 is 19.7 Å². The largest absolute Gasteiger partial charge is 0.458 e. The summed E-state index contributed by atoms with van der Waals surface area (Å²) >= 11 is 2.19.